The number of rotatable bonds is 7. The van der Waals surface area contributed by atoms with Crippen molar-refractivity contribution in [2.45, 2.75) is 12.8 Å². The van der Waals surface area contributed by atoms with Gasteiger partial charge < -0.3 is 9.47 Å². The fraction of sp³-hybridized carbons (Fsp3) is 0.222. The van der Waals surface area contributed by atoms with Crippen molar-refractivity contribution in [1.82, 2.24) is 0 Å². The average Bonchev–Trinajstić information content (AvgIpc) is 2.52. The van der Waals surface area contributed by atoms with Crippen LogP contribution in [0.4, 0.5) is 0 Å². The third kappa shape index (κ3) is 3.89. The zero-order valence-electron chi connectivity index (χ0n) is 11.8. The molecule has 0 aliphatic rings. The Kier molecular flexibility index (Phi) is 5.24. The number of para-hydroxylation sites is 1. The minimum absolute atomic E-state index is 0.538. The number of methoxy groups -OCH3 is 1. The van der Waals surface area contributed by atoms with E-state index < -0.39 is 0 Å². The van der Waals surface area contributed by atoms with Crippen molar-refractivity contribution < 1.29 is 9.47 Å². The van der Waals surface area contributed by atoms with Gasteiger partial charge in [0.15, 0.2) is 0 Å². The van der Waals surface area contributed by atoms with E-state index in [2.05, 4.69) is 24.8 Å². The first-order valence-electron chi connectivity index (χ1n) is 6.78. The van der Waals surface area contributed by atoms with Crippen molar-refractivity contribution in [3.8, 4) is 11.5 Å². The lowest BCUT2D eigenvalue weighted by Crippen LogP contribution is -1.99. The Balaban J connectivity index is 2.04. The quantitative estimate of drug-likeness (QED) is 0.705. The molecule has 0 unspecified atom stereocenters. The maximum atomic E-state index is 5.68. The highest BCUT2D eigenvalue weighted by Gasteiger charge is 2.03. The Labute approximate surface area is 120 Å². The van der Waals surface area contributed by atoms with Crippen molar-refractivity contribution in [2.24, 2.45) is 0 Å². The van der Waals surface area contributed by atoms with Gasteiger partial charge >= 0.3 is 0 Å². The molecule has 0 amide bonds. The van der Waals surface area contributed by atoms with Gasteiger partial charge in [-0.1, -0.05) is 43.0 Å². The van der Waals surface area contributed by atoms with Gasteiger partial charge in [-0.3, -0.25) is 0 Å². The number of benzene rings is 2. The summed E-state index contributed by atoms with van der Waals surface area (Å²) in [5.41, 5.74) is 2.49. The highest BCUT2D eigenvalue weighted by molar-refractivity contribution is 5.35. The molecule has 2 nitrogen and oxygen atoms in total. The molecule has 2 aromatic rings. The van der Waals surface area contributed by atoms with Gasteiger partial charge in [-0.05, 0) is 42.2 Å². The van der Waals surface area contributed by atoms with Gasteiger partial charge in [-0.2, -0.15) is 0 Å². The Morgan fingerprint density at radius 2 is 1.90 bits per heavy atom. The summed E-state index contributed by atoms with van der Waals surface area (Å²) in [4.78, 5) is 0. The maximum absolute atomic E-state index is 5.68. The standard InChI is InChI=1S/C18H20O2/c1-3-13-20-18-10-5-4-8-16(18)12-11-15-7-6-9-17(14-15)19-2/h3-10,14H,1,11-13H2,2H3. The molecular weight excluding hydrogens is 248 g/mol. The lowest BCUT2D eigenvalue weighted by atomic mass is 10.0. The molecule has 0 saturated carbocycles. The van der Waals surface area contributed by atoms with Crippen LogP contribution >= 0.6 is 0 Å². The molecule has 0 aliphatic carbocycles. The SMILES string of the molecule is C=CCOc1ccccc1CCc1cccc(OC)c1. The normalized spacial score (nSPS) is 10.1. The predicted molar refractivity (Wildman–Crippen MR) is 82.5 cm³/mol. The van der Waals surface area contributed by atoms with E-state index in [1.807, 2.05) is 30.3 Å². The van der Waals surface area contributed by atoms with E-state index in [1.165, 1.54) is 11.1 Å². The minimum Gasteiger partial charge on any atom is -0.497 e. The highest BCUT2D eigenvalue weighted by Crippen LogP contribution is 2.21. The number of hydrogen-bond acceptors (Lipinski definition) is 2. The molecule has 104 valence electrons. The van der Waals surface area contributed by atoms with Crippen LogP contribution in [-0.4, -0.2) is 13.7 Å². The number of hydrogen-bond donors (Lipinski definition) is 0. The smallest absolute Gasteiger partial charge is 0.122 e. The summed E-state index contributed by atoms with van der Waals surface area (Å²) in [6.45, 7) is 4.22. The van der Waals surface area contributed by atoms with Crippen LogP contribution in [0.3, 0.4) is 0 Å². The van der Waals surface area contributed by atoms with E-state index in [4.69, 9.17) is 9.47 Å². The van der Waals surface area contributed by atoms with E-state index in [-0.39, 0.29) is 0 Å². The molecule has 0 heterocycles. The second-order valence-corrected chi connectivity index (χ2v) is 4.56. The fourth-order valence-corrected chi connectivity index (χ4v) is 2.11. The van der Waals surface area contributed by atoms with E-state index in [9.17, 15) is 0 Å². The third-order valence-corrected chi connectivity index (χ3v) is 3.15. The summed E-state index contributed by atoms with van der Waals surface area (Å²) >= 11 is 0. The zero-order chi connectivity index (χ0) is 14.2. The predicted octanol–water partition coefficient (Wildman–Crippen LogP) is 4.05. The van der Waals surface area contributed by atoms with Crippen molar-refractivity contribution in [2.75, 3.05) is 13.7 Å². The molecule has 0 N–H and O–H groups in total. The molecule has 2 rings (SSSR count). The first kappa shape index (κ1) is 14.2. The van der Waals surface area contributed by atoms with Gasteiger partial charge in [0.2, 0.25) is 0 Å². The van der Waals surface area contributed by atoms with Crippen LogP contribution in [0, 0.1) is 0 Å². The molecule has 20 heavy (non-hydrogen) atoms. The summed E-state index contributed by atoms with van der Waals surface area (Å²) in [5.74, 6) is 1.84. The van der Waals surface area contributed by atoms with E-state index in [1.54, 1.807) is 13.2 Å². The molecule has 0 spiro atoms. The molecule has 0 aliphatic heterocycles. The van der Waals surface area contributed by atoms with Crippen LogP contribution in [0.25, 0.3) is 0 Å². The van der Waals surface area contributed by atoms with E-state index in [0.717, 1.165) is 24.3 Å². The average molecular weight is 268 g/mol. The Morgan fingerprint density at radius 3 is 2.70 bits per heavy atom. The Morgan fingerprint density at radius 1 is 1.05 bits per heavy atom. The lowest BCUT2D eigenvalue weighted by molar-refractivity contribution is 0.359. The molecule has 0 atom stereocenters. The molecule has 0 fully saturated rings. The third-order valence-electron chi connectivity index (χ3n) is 3.15. The zero-order valence-corrected chi connectivity index (χ0v) is 11.8. The molecular formula is C18H20O2. The monoisotopic (exact) mass is 268 g/mol. The molecule has 0 bridgehead atoms. The van der Waals surface area contributed by atoms with Crippen LogP contribution in [0.1, 0.15) is 11.1 Å². The molecule has 0 saturated heterocycles. The van der Waals surface area contributed by atoms with Crippen LogP contribution < -0.4 is 9.47 Å². The summed E-state index contributed by atoms with van der Waals surface area (Å²) in [6.07, 6.45) is 3.67. The number of aryl methyl sites for hydroxylation is 2. The van der Waals surface area contributed by atoms with Crippen LogP contribution in [0.15, 0.2) is 61.2 Å². The second kappa shape index (κ2) is 7.39. The van der Waals surface area contributed by atoms with Crippen molar-refractivity contribution in [3.05, 3.63) is 72.3 Å². The Bertz CT molecular complexity index is 561. The highest BCUT2D eigenvalue weighted by atomic mass is 16.5. The van der Waals surface area contributed by atoms with Gasteiger partial charge in [-0.15, -0.1) is 0 Å². The van der Waals surface area contributed by atoms with Crippen LogP contribution in [-0.2, 0) is 12.8 Å². The second-order valence-electron chi connectivity index (χ2n) is 4.56. The number of ether oxygens (including phenoxy) is 2. The minimum atomic E-state index is 0.538. The van der Waals surface area contributed by atoms with Gasteiger partial charge in [-0.25, -0.2) is 0 Å². The van der Waals surface area contributed by atoms with E-state index in [0.29, 0.717) is 6.61 Å². The van der Waals surface area contributed by atoms with Gasteiger partial charge in [0.1, 0.15) is 18.1 Å². The van der Waals surface area contributed by atoms with Crippen molar-refractivity contribution in [1.29, 1.82) is 0 Å². The molecule has 2 heteroatoms. The maximum Gasteiger partial charge on any atom is 0.122 e. The van der Waals surface area contributed by atoms with Crippen molar-refractivity contribution >= 4 is 0 Å². The summed E-state index contributed by atoms with van der Waals surface area (Å²) in [7, 11) is 1.69. The summed E-state index contributed by atoms with van der Waals surface area (Å²) < 4.78 is 10.9. The fourth-order valence-electron chi connectivity index (χ4n) is 2.11. The van der Waals surface area contributed by atoms with E-state index >= 15 is 0 Å². The lowest BCUT2D eigenvalue weighted by Gasteiger charge is -2.10. The van der Waals surface area contributed by atoms with Crippen LogP contribution in [0.5, 0.6) is 11.5 Å². The molecule has 0 aromatic heterocycles. The summed E-state index contributed by atoms with van der Waals surface area (Å²) in [5, 5.41) is 0. The summed E-state index contributed by atoms with van der Waals surface area (Å²) in [6, 6.07) is 16.3. The first-order valence-corrected chi connectivity index (χ1v) is 6.78. The van der Waals surface area contributed by atoms with Crippen molar-refractivity contribution in [3.63, 3.8) is 0 Å². The molecule has 0 radical (unpaired) electrons. The topological polar surface area (TPSA) is 18.5 Å². The first-order chi connectivity index (χ1) is 9.83. The largest absolute Gasteiger partial charge is 0.497 e. The Hall–Kier alpha value is -2.22. The van der Waals surface area contributed by atoms with Gasteiger partial charge in [0.05, 0.1) is 7.11 Å². The van der Waals surface area contributed by atoms with Gasteiger partial charge in [0.25, 0.3) is 0 Å². The molecule has 2 aromatic carbocycles. The van der Waals surface area contributed by atoms with Gasteiger partial charge in [0, 0.05) is 0 Å². The van der Waals surface area contributed by atoms with Crippen LogP contribution in [0.2, 0.25) is 0 Å².